The van der Waals surface area contributed by atoms with E-state index in [1.165, 1.54) is 29.2 Å². The third-order valence-electron chi connectivity index (χ3n) is 4.74. The maximum atomic E-state index is 9.74. The molecule has 0 aromatic heterocycles. The lowest BCUT2D eigenvalue weighted by molar-refractivity contribution is 0.210. The van der Waals surface area contributed by atoms with Crippen LogP contribution in [0, 0.1) is 22.7 Å². The number of benzene rings is 2. The lowest BCUT2D eigenvalue weighted by Gasteiger charge is -2.34. The van der Waals surface area contributed by atoms with Crippen LogP contribution >= 0.6 is 0 Å². The Bertz CT molecular complexity index is 647. The molecule has 0 heterocycles. The van der Waals surface area contributed by atoms with Crippen molar-refractivity contribution in [3.05, 3.63) is 48.0 Å². The summed E-state index contributed by atoms with van der Waals surface area (Å²) in [4.78, 5) is 0. The summed E-state index contributed by atoms with van der Waals surface area (Å²) in [6.45, 7) is 2.29. The zero-order valence-corrected chi connectivity index (χ0v) is 12.1. The molecule has 0 amide bonds. The van der Waals surface area contributed by atoms with Gasteiger partial charge in [-0.25, -0.2) is 0 Å². The van der Waals surface area contributed by atoms with Gasteiger partial charge in [0.25, 0.3) is 0 Å². The first-order chi connectivity index (χ1) is 9.72. The van der Waals surface area contributed by atoms with Gasteiger partial charge in [0.05, 0.1) is 11.5 Å². The van der Waals surface area contributed by atoms with E-state index in [9.17, 15) is 5.26 Å². The van der Waals surface area contributed by atoms with E-state index in [1.807, 2.05) is 0 Å². The summed E-state index contributed by atoms with van der Waals surface area (Å²) in [6, 6.07) is 17.6. The summed E-state index contributed by atoms with van der Waals surface area (Å²) in [7, 11) is 0. The number of nitriles is 1. The Morgan fingerprint density at radius 2 is 2.00 bits per heavy atom. The topological polar surface area (TPSA) is 23.8 Å². The summed E-state index contributed by atoms with van der Waals surface area (Å²) < 4.78 is 0. The first kappa shape index (κ1) is 13.2. The van der Waals surface area contributed by atoms with Gasteiger partial charge in [-0.3, -0.25) is 0 Å². The SMILES string of the molecule is CC1CCCC(C#N)(Cc2cccc3ccccc23)C1. The minimum atomic E-state index is -0.151. The van der Waals surface area contributed by atoms with E-state index in [2.05, 4.69) is 55.5 Å². The molecule has 3 rings (SSSR count). The van der Waals surface area contributed by atoms with Gasteiger partial charge in [-0.2, -0.15) is 5.26 Å². The van der Waals surface area contributed by atoms with Crippen molar-refractivity contribution in [3.63, 3.8) is 0 Å². The molecule has 1 aliphatic carbocycles. The molecule has 1 fully saturated rings. The fourth-order valence-corrected chi connectivity index (χ4v) is 3.77. The summed E-state index contributed by atoms with van der Waals surface area (Å²) in [5, 5.41) is 12.3. The minimum absolute atomic E-state index is 0.151. The van der Waals surface area contributed by atoms with E-state index in [1.54, 1.807) is 0 Å². The van der Waals surface area contributed by atoms with Crippen molar-refractivity contribution in [1.29, 1.82) is 5.26 Å². The van der Waals surface area contributed by atoms with Crippen LogP contribution in [0.5, 0.6) is 0 Å². The van der Waals surface area contributed by atoms with Crippen LogP contribution in [-0.2, 0) is 6.42 Å². The molecular weight excluding hydrogens is 242 g/mol. The third kappa shape index (κ3) is 2.43. The maximum Gasteiger partial charge on any atom is 0.0693 e. The van der Waals surface area contributed by atoms with E-state index < -0.39 is 0 Å². The van der Waals surface area contributed by atoms with E-state index in [0.29, 0.717) is 5.92 Å². The van der Waals surface area contributed by atoms with E-state index >= 15 is 0 Å². The van der Waals surface area contributed by atoms with E-state index in [0.717, 1.165) is 19.3 Å². The van der Waals surface area contributed by atoms with Crippen LogP contribution in [0.4, 0.5) is 0 Å². The third-order valence-corrected chi connectivity index (χ3v) is 4.74. The smallest absolute Gasteiger partial charge is 0.0693 e. The molecule has 1 heteroatoms. The molecule has 1 aliphatic rings. The van der Waals surface area contributed by atoms with Crippen LogP contribution in [0.25, 0.3) is 10.8 Å². The molecule has 0 N–H and O–H groups in total. The molecule has 0 radical (unpaired) electrons. The summed E-state index contributed by atoms with van der Waals surface area (Å²) in [5.74, 6) is 0.679. The highest BCUT2D eigenvalue weighted by atomic mass is 14.4. The molecule has 102 valence electrons. The first-order valence-corrected chi connectivity index (χ1v) is 7.60. The van der Waals surface area contributed by atoms with Gasteiger partial charge in [-0.05, 0) is 41.5 Å². The summed E-state index contributed by atoms with van der Waals surface area (Å²) in [5.41, 5.74) is 1.18. The Morgan fingerprint density at radius 3 is 2.80 bits per heavy atom. The molecule has 0 aliphatic heterocycles. The molecule has 0 bridgehead atoms. The van der Waals surface area contributed by atoms with Crippen LogP contribution in [0.15, 0.2) is 42.5 Å². The molecule has 2 atom stereocenters. The summed E-state index contributed by atoms with van der Waals surface area (Å²) in [6.07, 6.45) is 5.47. The lowest BCUT2D eigenvalue weighted by Crippen LogP contribution is -2.28. The van der Waals surface area contributed by atoms with Crippen molar-refractivity contribution in [2.75, 3.05) is 0 Å². The second-order valence-electron chi connectivity index (χ2n) is 6.41. The summed E-state index contributed by atoms with van der Waals surface area (Å²) >= 11 is 0. The Kier molecular flexibility index (Phi) is 3.49. The van der Waals surface area contributed by atoms with E-state index in [4.69, 9.17) is 0 Å². The molecule has 20 heavy (non-hydrogen) atoms. The molecule has 1 nitrogen and oxygen atoms in total. The van der Waals surface area contributed by atoms with Crippen LogP contribution in [0.3, 0.4) is 0 Å². The Labute approximate surface area is 121 Å². The Hall–Kier alpha value is -1.81. The zero-order valence-electron chi connectivity index (χ0n) is 12.1. The standard InChI is InChI=1S/C19H21N/c1-15-6-5-11-19(12-15,14-20)13-17-9-4-8-16-7-2-3-10-18(16)17/h2-4,7-10,15H,5-6,11-13H2,1H3. The lowest BCUT2D eigenvalue weighted by atomic mass is 9.68. The Balaban J connectivity index is 1.98. The second kappa shape index (κ2) is 5.29. The second-order valence-corrected chi connectivity index (χ2v) is 6.41. The van der Waals surface area contributed by atoms with Crippen molar-refractivity contribution < 1.29 is 0 Å². The van der Waals surface area contributed by atoms with Crippen molar-refractivity contribution in [2.24, 2.45) is 11.3 Å². The number of rotatable bonds is 2. The van der Waals surface area contributed by atoms with Gasteiger partial charge >= 0.3 is 0 Å². The monoisotopic (exact) mass is 263 g/mol. The highest BCUT2D eigenvalue weighted by molar-refractivity contribution is 5.85. The molecule has 0 spiro atoms. The van der Waals surface area contributed by atoms with Crippen LogP contribution < -0.4 is 0 Å². The fourth-order valence-electron chi connectivity index (χ4n) is 3.77. The van der Waals surface area contributed by atoms with Crippen LogP contribution in [0.1, 0.15) is 38.2 Å². The average molecular weight is 263 g/mol. The number of nitrogens with zero attached hydrogens (tertiary/aromatic N) is 1. The predicted molar refractivity (Wildman–Crippen MR) is 83.3 cm³/mol. The van der Waals surface area contributed by atoms with Gasteiger partial charge in [0, 0.05) is 0 Å². The number of hydrogen-bond acceptors (Lipinski definition) is 1. The first-order valence-electron chi connectivity index (χ1n) is 7.60. The Morgan fingerprint density at radius 1 is 1.20 bits per heavy atom. The zero-order chi connectivity index (χ0) is 14.0. The number of hydrogen-bond donors (Lipinski definition) is 0. The van der Waals surface area contributed by atoms with Crippen molar-refractivity contribution >= 4 is 10.8 Å². The maximum absolute atomic E-state index is 9.74. The van der Waals surface area contributed by atoms with Crippen LogP contribution in [-0.4, -0.2) is 0 Å². The molecular formula is C19H21N. The highest BCUT2D eigenvalue weighted by Crippen LogP contribution is 2.42. The fraction of sp³-hybridized carbons (Fsp3) is 0.421. The normalized spacial score (nSPS) is 26.3. The van der Waals surface area contributed by atoms with Gasteiger partial charge in [0.2, 0.25) is 0 Å². The van der Waals surface area contributed by atoms with Crippen molar-refractivity contribution in [2.45, 2.75) is 39.0 Å². The predicted octanol–water partition coefficient (Wildman–Crippen LogP) is 5.10. The van der Waals surface area contributed by atoms with Gasteiger partial charge < -0.3 is 0 Å². The highest BCUT2D eigenvalue weighted by Gasteiger charge is 2.35. The van der Waals surface area contributed by atoms with Gasteiger partial charge in [-0.15, -0.1) is 0 Å². The molecule has 1 saturated carbocycles. The van der Waals surface area contributed by atoms with Crippen molar-refractivity contribution in [1.82, 2.24) is 0 Å². The van der Waals surface area contributed by atoms with Crippen molar-refractivity contribution in [3.8, 4) is 6.07 Å². The van der Waals surface area contributed by atoms with Crippen LogP contribution in [0.2, 0.25) is 0 Å². The molecule has 2 unspecified atom stereocenters. The molecule has 0 saturated heterocycles. The quantitative estimate of drug-likeness (QED) is 0.739. The van der Waals surface area contributed by atoms with Gasteiger partial charge in [-0.1, -0.05) is 62.2 Å². The minimum Gasteiger partial charge on any atom is -0.198 e. The van der Waals surface area contributed by atoms with Gasteiger partial charge in [0.15, 0.2) is 0 Å². The largest absolute Gasteiger partial charge is 0.198 e. The molecule has 2 aromatic rings. The number of fused-ring (bicyclic) bond motifs is 1. The van der Waals surface area contributed by atoms with E-state index in [-0.39, 0.29) is 5.41 Å². The average Bonchev–Trinajstić information content (AvgIpc) is 2.48. The van der Waals surface area contributed by atoms with Gasteiger partial charge in [0.1, 0.15) is 0 Å². The molecule has 2 aromatic carbocycles.